The molecule has 3 nitrogen and oxygen atoms in total. The minimum Gasteiger partial charge on any atom is -0.314 e. The molecule has 0 amide bonds. The first-order valence-electron chi connectivity index (χ1n) is 5.86. The summed E-state index contributed by atoms with van der Waals surface area (Å²) in [6.07, 6.45) is 2.18. The van der Waals surface area contributed by atoms with Crippen LogP contribution < -0.4 is 5.32 Å². The molecule has 4 heteroatoms. The molecule has 0 aliphatic carbocycles. The van der Waals surface area contributed by atoms with Gasteiger partial charge < -0.3 is 10.2 Å². The summed E-state index contributed by atoms with van der Waals surface area (Å²) < 4.78 is 0. The number of rotatable bonds is 6. The summed E-state index contributed by atoms with van der Waals surface area (Å²) in [5.41, 5.74) is 0. The molecule has 90 valence electrons. The van der Waals surface area contributed by atoms with Crippen molar-refractivity contribution in [2.75, 3.05) is 58.3 Å². The molecular formula is C11H25N3S. The average molecular weight is 231 g/mol. The third-order valence-corrected chi connectivity index (χ3v) is 3.95. The number of piperazine rings is 1. The van der Waals surface area contributed by atoms with E-state index in [2.05, 4.69) is 35.3 Å². The maximum Gasteiger partial charge on any atom is 0.0155 e. The van der Waals surface area contributed by atoms with Crippen LogP contribution >= 0.6 is 11.8 Å². The van der Waals surface area contributed by atoms with Crippen molar-refractivity contribution in [3.63, 3.8) is 0 Å². The van der Waals surface area contributed by atoms with Crippen molar-refractivity contribution >= 4 is 11.8 Å². The van der Waals surface area contributed by atoms with Crippen LogP contribution in [0.2, 0.25) is 0 Å². The van der Waals surface area contributed by atoms with Crippen LogP contribution in [-0.2, 0) is 0 Å². The van der Waals surface area contributed by atoms with Crippen molar-refractivity contribution in [2.45, 2.75) is 13.0 Å². The van der Waals surface area contributed by atoms with Crippen molar-refractivity contribution in [2.24, 2.45) is 0 Å². The molecule has 0 aromatic heterocycles. The van der Waals surface area contributed by atoms with Crippen LogP contribution in [0.4, 0.5) is 0 Å². The Morgan fingerprint density at radius 1 is 1.40 bits per heavy atom. The average Bonchev–Trinajstić information content (AvgIpc) is 2.27. The van der Waals surface area contributed by atoms with Gasteiger partial charge in [-0.3, -0.25) is 4.90 Å². The lowest BCUT2D eigenvalue weighted by atomic mass is 10.3. The second kappa shape index (κ2) is 7.49. The van der Waals surface area contributed by atoms with E-state index >= 15 is 0 Å². The van der Waals surface area contributed by atoms with E-state index in [1.807, 2.05) is 11.8 Å². The van der Waals surface area contributed by atoms with E-state index in [1.165, 1.54) is 31.9 Å². The fourth-order valence-corrected chi connectivity index (χ4v) is 2.56. The normalized spacial score (nSPS) is 20.8. The number of thioether (sulfide) groups is 1. The first-order valence-corrected chi connectivity index (χ1v) is 7.25. The molecule has 0 radical (unpaired) electrons. The molecule has 15 heavy (non-hydrogen) atoms. The summed E-state index contributed by atoms with van der Waals surface area (Å²) in [7, 11) is 2.24. The quantitative estimate of drug-likeness (QED) is 0.720. The largest absolute Gasteiger partial charge is 0.314 e. The molecule has 1 aliphatic rings. The van der Waals surface area contributed by atoms with E-state index in [0.717, 1.165) is 13.1 Å². The Balaban J connectivity index is 2.11. The Bertz CT molecular complexity index is 160. The second-order valence-electron chi connectivity index (χ2n) is 4.38. The summed E-state index contributed by atoms with van der Waals surface area (Å²) >= 11 is 1.93. The highest BCUT2D eigenvalue weighted by atomic mass is 32.2. The summed E-state index contributed by atoms with van der Waals surface area (Å²) in [4.78, 5) is 5.03. The SMILES string of the molecule is CSCC(C)N(C)CCN1CCNCC1. The van der Waals surface area contributed by atoms with Crippen LogP contribution in [0.25, 0.3) is 0 Å². The van der Waals surface area contributed by atoms with Gasteiger partial charge in [0.1, 0.15) is 0 Å². The van der Waals surface area contributed by atoms with Crippen molar-refractivity contribution in [1.82, 2.24) is 15.1 Å². The van der Waals surface area contributed by atoms with Crippen LogP contribution in [0.15, 0.2) is 0 Å². The zero-order chi connectivity index (χ0) is 11.1. The number of hydrogen-bond acceptors (Lipinski definition) is 4. The van der Waals surface area contributed by atoms with Crippen molar-refractivity contribution < 1.29 is 0 Å². The molecule has 0 aromatic rings. The first-order chi connectivity index (χ1) is 7.24. The molecule has 1 atom stereocenters. The third-order valence-electron chi connectivity index (χ3n) is 3.14. The molecule has 1 aliphatic heterocycles. The van der Waals surface area contributed by atoms with Gasteiger partial charge in [-0.05, 0) is 20.2 Å². The van der Waals surface area contributed by atoms with E-state index in [9.17, 15) is 0 Å². The van der Waals surface area contributed by atoms with Gasteiger partial charge in [-0.2, -0.15) is 11.8 Å². The maximum atomic E-state index is 3.39. The monoisotopic (exact) mass is 231 g/mol. The lowest BCUT2D eigenvalue weighted by Crippen LogP contribution is -2.47. The van der Waals surface area contributed by atoms with Crippen LogP contribution in [0.3, 0.4) is 0 Å². The molecule has 1 rings (SSSR count). The molecule has 1 N–H and O–H groups in total. The number of hydrogen-bond donors (Lipinski definition) is 1. The minimum atomic E-state index is 0.697. The van der Waals surface area contributed by atoms with Crippen molar-refractivity contribution in [1.29, 1.82) is 0 Å². The number of likely N-dealkylation sites (N-methyl/N-ethyl adjacent to an activating group) is 1. The van der Waals surface area contributed by atoms with Crippen LogP contribution in [0.5, 0.6) is 0 Å². The predicted molar refractivity (Wildman–Crippen MR) is 69.8 cm³/mol. The highest BCUT2D eigenvalue weighted by Crippen LogP contribution is 2.03. The van der Waals surface area contributed by atoms with Crippen molar-refractivity contribution in [3.05, 3.63) is 0 Å². The van der Waals surface area contributed by atoms with Gasteiger partial charge in [0.15, 0.2) is 0 Å². The zero-order valence-electron chi connectivity index (χ0n) is 10.3. The van der Waals surface area contributed by atoms with Gasteiger partial charge in [0.2, 0.25) is 0 Å². The molecule has 0 aromatic carbocycles. The molecule has 1 heterocycles. The van der Waals surface area contributed by atoms with Crippen LogP contribution in [-0.4, -0.2) is 74.2 Å². The molecule has 1 saturated heterocycles. The number of nitrogens with one attached hydrogen (secondary N) is 1. The van der Waals surface area contributed by atoms with Crippen molar-refractivity contribution in [3.8, 4) is 0 Å². The van der Waals surface area contributed by atoms with Crippen LogP contribution in [0.1, 0.15) is 6.92 Å². The van der Waals surface area contributed by atoms with Gasteiger partial charge in [0.05, 0.1) is 0 Å². The topological polar surface area (TPSA) is 18.5 Å². The van der Waals surface area contributed by atoms with E-state index in [0.29, 0.717) is 6.04 Å². The van der Waals surface area contributed by atoms with E-state index in [-0.39, 0.29) is 0 Å². The molecule has 0 saturated carbocycles. The third kappa shape index (κ3) is 5.20. The standard InChI is InChI=1S/C11H25N3S/c1-11(10-15-3)13(2)8-9-14-6-4-12-5-7-14/h11-12H,4-10H2,1-3H3. The summed E-state index contributed by atoms with van der Waals surface area (Å²) in [5.74, 6) is 1.23. The molecule has 1 fully saturated rings. The second-order valence-corrected chi connectivity index (χ2v) is 5.29. The van der Waals surface area contributed by atoms with E-state index in [1.54, 1.807) is 0 Å². The van der Waals surface area contributed by atoms with Crippen LogP contribution in [0, 0.1) is 0 Å². The first kappa shape index (κ1) is 13.3. The maximum absolute atomic E-state index is 3.39. The molecule has 1 unspecified atom stereocenters. The van der Waals surface area contributed by atoms with Gasteiger partial charge >= 0.3 is 0 Å². The zero-order valence-corrected chi connectivity index (χ0v) is 11.1. The highest BCUT2D eigenvalue weighted by molar-refractivity contribution is 7.98. The van der Waals surface area contributed by atoms with Gasteiger partial charge in [0.25, 0.3) is 0 Å². The lowest BCUT2D eigenvalue weighted by molar-refractivity contribution is 0.189. The minimum absolute atomic E-state index is 0.697. The molecule has 0 spiro atoms. The smallest absolute Gasteiger partial charge is 0.0155 e. The van der Waals surface area contributed by atoms with Gasteiger partial charge in [-0.25, -0.2) is 0 Å². The molecular weight excluding hydrogens is 206 g/mol. The van der Waals surface area contributed by atoms with Gasteiger partial charge in [-0.15, -0.1) is 0 Å². The van der Waals surface area contributed by atoms with Gasteiger partial charge in [0, 0.05) is 51.1 Å². The number of nitrogens with zero attached hydrogens (tertiary/aromatic N) is 2. The summed E-state index contributed by atoms with van der Waals surface area (Å²) in [6, 6.07) is 0.697. The Morgan fingerprint density at radius 2 is 2.07 bits per heavy atom. The Hall–Kier alpha value is 0.230. The predicted octanol–water partition coefficient (Wildman–Crippen LogP) is 0.575. The molecule has 0 bridgehead atoms. The van der Waals surface area contributed by atoms with E-state index < -0.39 is 0 Å². The Labute approximate surface area is 98.6 Å². The fourth-order valence-electron chi connectivity index (χ4n) is 1.82. The fraction of sp³-hybridized carbons (Fsp3) is 1.00. The summed E-state index contributed by atoms with van der Waals surface area (Å²) in [5, 5.41) is 3.39. The highest BCUT2D eigenvalue weighted by Gasteiger charge is 2.12. The van der Waals surface area contributed by atoms with E-state index in [4.69, 9.17) is 0 Å². The Kier molecular flexibility index (Phi) is 6.64. The lowest BCUT2D eigenvalue weighted by Gasteiger charge is -2.31. The Morgan fingerprint density at radius 3 is 2.67 bits per heavy atom. The summed E-state index contributed by atoms with van der Waals surface area (Å²) in [6.45, 7) is 9.47. The van der Waals surface area contributed by atoms with Gasteiger partial charge in [-0.1, -0.05) is 0 Å².